The normalized spacial score (nSPS) is 14.6. The van der Waals surface area contributed by atoms with Crippen molar-refractivity contribution in [3.8, 4) is 0 Å². The maximum absolute atomic E-state index is 2.28. The van der Waals surface area contributed by atoms with Crippen LogP contribution in [0.15, 0.2) is 90.6 Å². The summed E-state index contributed by atoms with van der Waals surface area (Å²) in [4.78, 5) is 0. The molecule has 108 valence electrons. The Balaban J connectivity index is 2.07. The molecule has 0 heterocycles. The fourth-order valence-corrected chi connectivity index (χ4v) is 2.56. The third-order valence-electron chi connectivity index (χ3n) is 3.78. The van der Waals surface area contributed by atoms with Gasteiger partial charge in [-0.25, -0.2) is 0 Å². The van der Waals surface area contributed by atoms with Crippen LogP contribution in [0.5, 0.6) is 0 Å². The van der Waals surface area contributed by atoms with Crippen LogP contribution in [-0.4, -0.2) is 0 Å². The highest BCUT2D eigenvalue weighted by Gasteiger charge is 2.06. The van der Waals surface area contributed by atoms with Crippen LogP contribution in [0.3, 0.4) is 0 Å². The highest BCUT2D eigenvalue weighted by Crippen LogP contribution is 2.28. The van der Waals surface area contributed by atoms with E-state index in [9.17, 15) is 0 Å². The number of hydrogen-bond donors (Lipinski definition) is 0. The third-order valence-corrected chi connectivity index (χ3v) is 3.78. The molecule has 0 N–H and O–H groups in total. The zero-order valence-electron chi connectivity index (χ0n) is 12.9. The lowest BCUT2D eigenvalue weighted by Crippen LogP contribution is -1.88. The van der Waals surface area contributed by atoms with E-state index in [1.807, 2.05) is 0 Å². The topological polar surface area (TPSA) is 0 Å². The third kappa shape index (κ3) is 3.53. The molecule has 0 amide bonds. The van der Waals surface area contributed by atoms with E-state index in [1.165, 1.54) is 27.8 Å². The first-order valence-electron chi connectivity index (χ1n) is 7.70. The van der Waals surface area contributed by atoms with Crippen molar-refractivity contribution in [3.63, 3.8) is 0 Å². The molecule has 0 unspecified atom stereocenters. The molecule has 0 nitrogen and oxygen atoms in total. The van der Waals surface area contributed by atoms with E-state index >= 15 is 0 Å². The van der Waals surface area contributed by atoms with Crippen molar-refractivity contribution >= 4 is 11.6 Å². The van der Waals surface area contributed by atoms with E-state index in [-0.39, 0.29) is 0 Å². The smallest absolute Gasteiger partial charge is 0.0109 e. The Morgan fingerprint density at radius 1 is 0.909 bits per heavy atom. The van der Waals surface area contributed by atoms with Gasteiger partial charge in [-0.1, -0.05) is 90.5 Å². The zero-order valence-corrected chi connectivity index (χ0v) is 12.9. The van der Waals surface area contributed by atoms with Crippen molar-refractivity contribution in [1.82, 2.24) is 0 Å². The zero-order chi connectivity index (χ0) is 15.2. The molecule has 0 atom stereocenters. The maximum atomic E-state index is 2.28. The first kappa shape index (κ1) is 14.3. The summed E-state index contributed by atoms with van der Waals surface area (Å²) in [5.41, 5.74) is 6.31. The van der Waals surface area contributed by atoms with Gasteiger partial charge in [0, 0.05) is 0 Å². The van der Waals surface area contributed by atoms with Crippen molar-refractivity contribution in [2.24, 2.45) is 0 Å². The van der Waals surface area contributed by atoms with Crippen molar-refractivity contribution in [2.45, 2.75) is 13.3 Å². The minimum Gasteiger partial charge on any atom is -0.0807 e. The summed E-state index contributed by atoms with van der Waals surface area (Å²) >= 11 is 0. The van der Waals surface area contributed by atoms with Crippen LogP contribution < -0.4 is 0 Å². The molecule has 0 bridgehead atoms. The van der Waals surface area contributed by atoms with Gasteiger partial charge < -0.3 is 0 Å². The van der Waals surface area contributed by atoms with E-state index in [1.54, 1.807) is 0 Å². The van der Waals surface area contributed by atoms with Gasteiger partial charge in [0.2, 0.25) is 0 Å². The van der Waals surface area contributed by atoms with Gasteiger partial charge in [0.15, 0.2) is 0 Å². The summed E-state index contributed by atoms with van der Waals surface area (Å²) in [6, 6.07) is 19.3. The van der Waals surface area contributed by atoms with Crippen molar-refractivity contribution < 1.29 is 0 Å². The molecule has 0 aromatic heterocycles. The second kappa shape index (κ2) is 6.91. The molecule has 3 rings (SSSR count). The number of benzene rings is 2. The Morgan fingerprint density at radius 3 is 2.45 bits per heavy atom. The van der Waals surface area contributed by atoms with Gasteiger partial charge in [0.1, 0.15) is 0 Å². The fraction of sp³-hybridized carbons (Fsp3) is 0.0909. The largest absolute Gasteiger partial charge is 0.0807 e. The summed E-state index contributed by atoms with van der Waals surface area (Å²) in [5, 5.41) is 0. The Morgan fingerprint density at radius 2 is 1.68 bits per heavy atom. The molecular formula is C22H20. The van der Waals surface area contributed by atoms with E-state index in [0.29, 0.717) is 0 Å². The summed E-state index contributed by atoms with van der Waals surface area (Å²) in [5.74, 6) is 0. The van der Waals surface area contributed by atoms with Crippen molar-refractivity contribution in [2.75, 3.05) is 0 Å². The van der Waals surface area contributed by atoms with E-state index in [4.69, 9.17) is 0 Å². The molecule has 0 fully saturated rings. The quantitative estimate of drug-likeness (QED) is 0.608. The van der Waals surface area contributed by atoms with Crippen molar-refractivity contribution in [3.05, 3.63) is 107 Å². The van der Waals surface area contributed by atoms with Crippen molar-refractivity contribution in [1.29, 1.82) is 0 Å². The molecule has 0 saturated heterocycles. The fourth-order valence-electron chi connectivity index (χ4n) is 2.56. The number of rotatable bonds is 3. The van der Waals surface area contributed by atoms with Gasteiger partial charge in [-0.3, -0.25) is 0 Å². The predicted octanol–water partition coefficient (Wildman–Crippen LogP) is 5.98. The Hall–Kier alpha value is -2.60. The van der Waals surface area contributed by atoms with E-state index < -0.39 is 0 Å². The van der Waals surface area contributed by atoms with Crippen LogP contribution in [0.25, 0.3) is 11.6 Å². The summed E-state index contributed by atoms with van der Waals surface area (Å²) in [6.45, 7) is 2.12. The van der Waals surface area contributed by atoms with Crippen LogP contribution in [0.1, 0.15) is 23.1 Å². The molecule has 0 spiro atoms. The lowest BCUT2D eigenvalue weighted by atomic mass is 9.94. The minimum atomic E-state index is 0.973. The average molecular weight is 284 g/mol. The monoisotopic (exact) mass is 284 g/mol. The second-order valence-electron chi connectivity index (χ2n) is 5.52. The van der Waals surface area contributed by atoms with Gasteiger partial charge >= 0.3 is 0 Å². The standard InChI is InChI=1S/C22H20/c1-18-13-15-19(16-14-18)17-22(21-11-7-4-8-12-21)20-9-5-2-3-6-10-20/h2-5,7-17H,6H2,1H3/b22-17-. The molecule has 1 aliphatic rings. The lowest BCUT2D eigenvalue weighted by molar-refractivity contribution is 1.38. The number of allylic oxidation sites excluding steroid dienone is 7. The van der Waals surface area contributed by atoms with Gasteiger partial charge in [-0.15, -0.1) is 0 Å². The number of hydrogen-bond acceptors (Lipinski definition) is 0. The first-order chi connectivity index (χ1) is 10.8. The Labute approximate surface area is 132 Å². The second-order valence-corrected chi connectivity index (χ2v) is 5.52. The number of aryl methyl sites for hydroxylation is 1. The highest BCUT2D eigenvalue weighted by molar-refractivity contribution is 5.93. The average Bonchev–Trinajstić information content (AvgIpc) is 2.84. The molecule has 0 heteroatoms. The maximum Gasteiger partial charge on any atom is -0.0109 e. The van der Waals surface area contributed by atoms with Crippen LogP contribution in [-0.2, 0) is 0 Å². The van der Waals surface area contributed by atoms with Crippen LogP contribution in [0, 0.1) is 6.92 Å². The van der Waals surface area contributed by atoms with Gasteiger partial charge in [0.25, 0.3) is 0 Å². The lowest BCUT2D eigenvalue weighted by Gasteiger charge is -2.10. The molecular weight excluding hydrogens is 264 g/mol. The Bertz CT molecular complexity index is 738. The molecule has 0 aliphatic heterocycles. The minimum absolute atomic E-state index is 0.973. The predicted molar refractivity (Wildman–Crippen MR) is 96.5 cm³/mol. The van der Waals surface area contributed by atoms with E-state index in [0.717, 1.165) is 6.42 Å². The molecule has 2 aromatic rings. The van der Waals surface area contributed by atoms with Gasteiger partial charge in [-0.2, -0.15) is 0 Å². The summed E-state index contributed by atoms with van der Waals surface area (Å²) < 4.78 is 0. The summed E-state index contributed by atoms with van der Waals surface area (Å²) in [6.07, 6.45) is 14.1. The van der Waals surface area contributed by atoms with Crippen LogP contribution in [0.4, 0.5) is 0 Å². The van der Waals surface area contributed by atoms with Crippen LogP contribution in [0.2, 0.25) is 0 Å². The molecule has 0 radical (unpaired) electrons. The molecule has 0 saturated carbocycles. The summed E-state index contributed by atoms with van der Waals surface area (Å²) in [7, 11) is 0. The highest BCUT2D eigenvalue weighted by atomic mass is 14.1. The molecule has 1 aliphatic carbocycles. The molecule has 22 heavy (non-hydrogen) atoms. The molecule has 2 aromatic carbocycles. The first-order valence-corrected chi connectivity index (χ1v) is 7.70. The van der Waals surface area contributed by atoms with Crippen LogP contribution >= 0.6 is 0 Å². The van der Waals surface area contributed by atoms with Gasteiger partial charge in [0.05, 0.1) is 0 Å². The van der Waals surface area contributed by atoms with Gasteiger partial charge in [-0.05, 0) is 41.7 Å². The van der Waals surface area contributed by atoms with E-state index in [2.05, 4.69) is 98.0 Å². The SMILES string of the molecule is Cc1ccc(/C=C(/C2=CCC=CC=C2)c2ccccc2)cc1. The Kier molecular flexibility index (Phi) is 4.50.